The number of benzene rings is 1. The Morgan fingerprint density at radius 2 is 1.71 bits per heavy atom. The van der Waals surface area contributed by atoms with Crippen LogP contribution in [0.2, 0.25) is 0 Å². The highest BCUT2D eigenvalue weighted by molar-refractivity contribution is 8.00. The predicted octanol–water partition coefficient (Wildman–Crippen LogP) is 4.01. The van der Waals surface area contributed by atoms with Crippen LogP contribution in [0, 0.1) is 0 Å². The zero-order valence-corrected chi connectivity index (χ0v) is 20.3. The lowest BCUT2D eigenvalue weighted by Gasteiger charge is -2.35. The van der Waals surface area contributed by atoms with E-state index < -0.39 is 0 Å². The van der Waals surface area contributed by atoms with Crippen molar-refractivity contribution in [2.24, 2.45) is 0 Å². The van der Waals surface area contributed by atoms with Crippen LogP contribution in [-0.2, 0) is 20.9 Å². The zero-order valence-electron chi connectivity index (χ0n) is 19.5. The van der Waals surface area contributed by atoms with Gasteiger partial charge in [-0.2, -0.15) is 0 Å². The van der Waals surface area contributed by atoms with Crippen LogP contribution < -0.4 is 0 Å². The second-order valence-electron chi connectivity index (χ2n) is 8.97. The third-order valence-corrected chi connectivity index (χ3v) is 6.61. The van der Waals surface area contributed by atoms with E-state index in [2.05, 4.69) is 6.07 Å². The quantitative estimate of drug-likeness (QED) is 0.604. The van der Waals surface area contributed by atoms with Crippen molar-refractivity contribution in [2.75, 3.05) is 18.8 Å². The normalized spacial score (nSPS) is 19.4. The van der Waals surface area contributed by atoms with Gasteiger partial charge in [-0.05, 0) is 47.6 Å². The summed E-state index contributed by atoms with van der Waals surface area (Å²) in [5.41, 5.74) is 1.02. The van der Waals surface area contributed by atoms with Crippen molar-refractivity contribution < 1.29 is 14.3 Å². The molecular weight excluding hydrogens is 410 g/mol. The van der Waals surface area contributed by atoms with Gasteiger partial charge in [-0.15, -0.1) is 11.8 Å². The fraction of sp³-hybridized carbons (Fsp3) is 0.583. The summed E-state index contributed by atoms with van der Waals surface area (Å²) in [5.74, 6) is 0.617. The SMILES string of the molecule is CC1CN(C(=O)CSc2cn(CC(=O)N(C(C)C)C(C)C)c3ccccc23)CC(C)O1. The zero-order chi connectivity index (χ0) is 22.7. The van der Waals surface area contributed by atoms with E-state index in [0.717, 1.165) is 15.8 Å². The lowest BCUT2D eigenvalue weighted by molar-refractivity contribution is -0.140. The van der Waals surface area contributed by atoms with Crippen LogP contribution in [0.25, 0.3) is 10.9 Å². The van der Waals surface area contributed by atoms with Crippen LogP contribution in [0.5, 0.6) is 0 Å². The number of fused-ring (bicyclic) bond motifs is 1. The molecule has 2 amide bonds. The van der Waals surface area contributed by atoms with Crippen LogP contribution in [-0.4, -0.2) is 69.3 Å². The second kappa shape index (κ2) is 10.1. The number of nitrogens with zero attached hydrogens (tertiary/aromatic N) is 3. The fourth-order valence-electron chi connectivity index (χ4n) is 4.47. The van der Waals surface area contributed by atoms with E-state index in [1.165, 1.54) is 0 Å². The molecule has 7 heteroatoms. The van der Waals surface area contributed by atoms with Crippen LogP contribution in [0.15, 0.2) is 35.4 Å². The van der Waals surface area contributed by atoms with Gasteiger partial charge in [-0.25, -0.2) is 0 Å². The van der Waals surface area contributed by atoms with Gasteiger partial charge in [-0.1, -0.05) is 18.2 Å². The Hall–Kier alpha value is -1.99. The highest BCUT2D eigenvalue weighted by Crippen LogP contribution is 2.30. The Balaban J connectivity index is 1.75. The third kappa shape index (κ3) is 5.63. The molecule has 0 saturated carbocycles. The summed E-state index contributed by atoms with van der Waals surface area (Å²) in [6.45, 7) is 13.8. The molecule has 1 aliphatic heterocycles. The van der Waals surface area contributed by atoms with Gasteiger partial charge in [0, 0.05) is 47.2 Å². The number of hydrogen-bond donors (Lipinski definition) is 0. The van der Waals surface area contributed by atoms with E-state index in [0.29, 0.717) is 25.4 Å². The fourth-order valence-corrected chi connectivity index (χ4v) is 5.46. The molecule has 0 spiro atoms. The second-order valence-corrected chi connectivity index (χ2v) is 9.99. The number of rotatable bonds is 7. The Labute approximate surface area is 189 Å². The minimum atomic E-state index is 0.0653. The Bertz CT molecular complexity index is 906. The third-order valence-electron chi connectivity index (χ3n) is 5.58. The molecule has 6 nitrogen and oxygen atoms in total. The first-order valence-corrected chi connectivity index (χ1v) is 12.1. The van der Waals surface area contributed by atoms with Crippen LogP contribution in [0.4, 0.5) is 0 Å². The van der Waals surface area contributed by atoms with E-state index in [1.807, 2.05) is 80.3 Å². The first kappa shape index (κ1) is 23.7. The molecule has 1 fully saturated rings. The van der Waals surface area contributed by atoms with E-state index >= 15 is 0 Å². The first-order chi connectivity index (χ1) is 14.7. The number of carbonyl (C=O) groups is 2. The van der Waals surface area contributed by atoms with Crippen LogP contribution in [0.3, 0.4) is 0 Å². The topological polar surface area (TPSA) is 54.8 Å². The van der Waals surface area contributed by atoms with Gasteiger partial charge < -0.3 is 19.1 Å². The molecule has 1 aromatic carbocycles. The van der Waals surface area contributed by atoms with E-state index in [9.17, 15) is 9.59 Å². The van der Waals surface area contributed by atoms with Gasteiger partial charge in [0.25, 0.3) is 0 Å². The van der Waals surface area contributed by atoms with Crippen LogP contribution >= 0.6 is 11.8 Å². The molecule has 0 N–H and O–H groups in total. The molecule has 1 aromatic heterocycles. The van der Waals surface area contributed by atoms with Crippen molar-refractivity contribution in [3.05, 3.63) is 30.5 Å². The Morgan fingerprint density at radius 3 is 2.32 bits per heavy atom. The summed E-state index contributed by atoms with van der Waals surface area (Å²) in [6, 6.07) is 8.39. The number of para-hydroxylation sites is 1. The van der Waals surface area contributed by atoms with Crippen molar-refractivity contribution in [1.82, 2.24) is 14.4 Å². The molecule has 0 aliphatic carbocycles. The molecule has 2 unspecified atom stereocenters. The van der Waals surface area contributed by atoms with E-state index in [4.69, 9.17) is 4.74 Å². The summed E-state index contributed by atoms with van der Waals surface area (Å²) in [4.78, 5) is 30.7. The van der Waals surface area contributed by atoms with E-state index in [1.54, 1.807) is 11.8 Å². The number of ether oxygens (including phenoxy) is 1. The largest absolute Gasteiger partial charge is 0.372 e. The maximum Gasteiger partial charge on any atom is 0.242 e. The molecule has 2 heterocycles. The van der Waals surface area contributed by atoms with Gasteiger partial charge in [-0.3, -0.25) is 9.59 Å². The molecule has 1 aliphatic rings. The smallest absolute Gasteiger partial charge is 0.242 e. The Kier molecular flexibility index (Phi) is 7.70. The average molecular weight is 446 g/mol. The molecular formula is C24H35N3O3S. The number of thioether (sulfide) groups is 1. The molecule has 170 valence electrons. The molecule has 31 heavy (non-hydrogen) atoms. The lowest BCUT2D eigenvalue weighted by Crippen LogP contribution is -2.48. The molecule has 2 atom stereocenters. The summed E-state index contributed by atoms with van der Waals surface area (Å²) in [7, 11) is 0. The van der Waals surface area contributed by atoms with Crippen molar-refractivity contribution in [3.8, 4) is 0 Å². The highest BCUT2D eigenvalue weighted by atomic mass is 32.2. The summed E-state index contributed by atoms with van der Waals surface area (Å²) in [5, 5.41) is 1.08. The van der Waals surface area contributed by atoms with Crippen LogP contribution in [0.1, 0.15) is 41.5 Å². The molecule has 2 aromatic rings. The molecule has 0 radical (unpaired) electrons. The standard InChI is InChI=1S/C24H35N3O3S/c1-16(2)27(17(3)4)23(28)14-25-13-22(20-9-7-8-10-21(20)25)31-15-24(29)26-11-18(5)30-19(6)12-26/h7-10,13,16-19H,11-12,14-15H2,1-6H3. The lowest BCUT2D eigenvalue weighted by atomic mass is 10.2. The molecule has 0 bridgehead atoms. The number of carbonyl (C=O) groups excluding carboxylic acids is 2. The monoisotopic (exact) mass is 445 g/mol. The minimum absolute atomic E-state index is 0.0653. The van der Waals surface area contributed by atoms with Gasteiger partial charge in [0.2, 0.25) is 11.8 Å². The summed E-state index contributed by atoms with van der Waals surface area (Å²) in [6.07, 6.45) is 2.15. The van der Waals surface area contributed by atoms with Crippen molar-refractivity contribution in [2.45, 2.75) is 77.3 Å². The van der Waals surface area contributed by atoms with Crippen molar-refractivity contribution in [3.63, 3.8) is 0 Å². The number of amides is 2. The molecule has 3 rings (SSSR count). The number of morpholine rings is 1. The highest BCUT2D eigenvalue weighted by Gasteiger charge is 2.26. The van der Waals surface area contributed by atoms with Crippen molar-refractivity contribution in [1.29, 1.82) is 0 Å². The maximum absolute atomic E-state index is 13.0. The summed E-state index contributed by atoms with van der Waals surface area (Å²) < 4.78 is 7.76. The Morgan fingerprint density at radius 1 is 1.10 bits per heavy atom. The van der Waals surface area contributed by atoms with Gasteiger partial charge in [0.05, 0.1) is 18.0 Å². The number of aromatic nitrogens is 1. The molecule has 1 saturated heterocycles. The van der Waals surface area contributed by atoms with Gasteiger partial charge in [0.1, 0.15) is 6.54 Å². The minimum Gasteiger partial charge on any atom is -0.372 e. The predicted molar refractivity (Wildman–Crippen MR) is 126 cm³/mol. The van der Waals surface area contributed by atoms with E-state index in [-0.39, 0.29) is 36.1 Å². The number of hydrogen-bond acceptors (Lipinski definition) is 4. The van der Waals surface area contributed by atoms with Gasteiger partial charge in [0.15, 0.2) is 0 Å². The maximum atomic E-state index is 13.0. The van der Waals surface area contributed by atoms with Gasteiger partial charge >= 0.3 is 0 Å². The summed E-state index contributed by atoms with van der Waals surface area (Å²) >= 11 is 1.55. The average Bonchev–Trinajstić information content (AvgIpc) is 3.02. The first-order valence-electron chi connectivity index (χ1n) is 11.1. The van der Waals surface area contributed by atoms with Crippen molar-refractivity contribution >= 4 is 34.5 Å².